The molecule has 2 aliphatic rings. The summed E-state index contributed by atoms with van der Waals surface area (Å²) in [6, 6.07) is 0. The fraction of sp³-hybridized carbons (Fsp3) is 1.00. The van der Waals surface area contributed by atoms with Gasteiger partial charge in [-0.05, 0) is 51.4 Å². The summed E-state index contributed by atoms with van der Waals surface area (Å²) in [6.45, 7) is 9.21. The van der Waals surface area contributed by atoms with E-state index in [0.717, 1.165) is 11.8 Å². The van der Waals surface area contributed by atoms with Crippen LogP contribution in [0.5, 0.6) is 0 Å². The van der Waals surface area contributed by atoms with E-state index in [2.05, 4.69) is 17.3 Å². The molecule has 0 aliphatic carbocycles. The minimum Gasteiger partial charge on any atom is -0.316 e. The molecule has 2 aliphatic heterocycles. The predicted octanol–water partition coefficient (Wildman–Crippen LogP) is 1.57. The van der Waals surface area contributed by atoms with Gasteiger partial charge < -0.3 is 10.2 Å². The molecule has 1 atom stereocenters. The summed E-state index contributed by atoms with van der Waals surface area (Å²) < 4.78 is 0. The van der Waals surface area contributed by atoms with Crippen LogP contribution in [0, 0.1) is 11.8 Å². The third kappa shape index (κ3) is 2.96. The summed E-state index contributed by atoms with van der Waals surface area (Å²) >= 11 is 0. The molecule has 78 valence electrons. The molecule has 2 saturated heterocycles. The zero-order valence-corrected chi connectivity index (χ0v) is 9.34. The van der Waals surface area contributed by atoms with Gasteiger partial charge in [-0.3, -0.25) is 0 Å². The first-order chi connectivity index (χ1) is 6.36. The van der Waals surface area contributed by atoms with Crippen LogP contribution in [-0.2, 0) is 0 Å². The monoisotopic (exact) mass is 184 g/mol. The van der Waals surface area contributed by atoms with Crippen LogP contribution in [-0.4, -0.2) is 38.1 Å². The van der Waals surface area contributed by atoms with Crippen molar-refractivity contribution in [2.75, 3.05) is 33.2 Å². The molecular formula is C11H24N2. The van der Waals surface area contributed by atoms with Crippen LogP contribution in [0.25, 0.3) is 0 Å². The van der Waals surface area contributed by atoms with Crippen molar-refractivity contribution < 1.29 is 0 Å². The Balaban J connectivity index is 0.000000396. The quantitative estimate of drug-likeness (QED) is 0.665. The van der Waals surface area contributed by atoms with Crippen molar-refractivity contribution in [2.24, 2.45) is 11.8 Å². The van der Waals surface area contributed by atoms with E-state index in [1.807, 2.05) is 13.8 Å². The smallest absolute Gasteiger partial charge is 0.00102 e. The highest BCUT2D eigenvalue weighted by molar-refractivity contribution is 4.85. The van der Waals surface area contributed by atoms with Crippen molar-refractivity contribution in [1.29, 1.82) is 0 Å². The van der Waals surface area contributed by atoms with Gasteiger partial charge >= 0.3 is 0 Å². The van der Waals surface area contributed by atoms with Crippen molar-refractivity contribution in [3.63, 3.8) is 0 Å². The second-order valence-corrected chi connectivity index (χ2v) is 4.08. The molecule has 2 nitrogen and oxygen atoms in total. The topological polar surface area (TPSA) is 15.3 Å². The van der Waals surface area contributed by atoms with E-state index in [4.69, 9.17) is 0 Å². The lowest BCUT2D eigenvalue weighted by Gasteiger charge is -2.39. The van der Waals surface area contributed by atoms with Crippen LogP contribution in [0.3, 0.4) is 0 Å². The first-order valence-electron chi connectivity index (χ1n) is 5.75. The molecule has 13 heavy (non-hydrogen) atoms. The molecule has 0 amide bonds. The van der Waals surface area contributed by atoms with Crippen molar-refractivity contribution in [3.05, 3.63) is 0 Å². The zero-order valence-electron chi connectivity index (χ0n) is 9.34. The zero-order chi connectivity index (χ0) is 9.68. The van der Waals surface area contributed by atoms with Gasteiger partial charge in [0.15, 0.2) is 0 Å². The molecule has 0 radical (unpaired) electrons. The average molecular weight is 184 g/mol. The molecule has 0 spiro atoms. The van der Waals surface area contributed by atoms with Crippen LogP contribution in [0.15, 0.2) is 0 Å². The Bertz CT molecular complexity index is 132. The fourth-order valence-electron chi connectivity index (χ4n) is 2.24. The van der Waals surface area contributed by atoms with E-state index in [-0.39, 0.29) is 0 Å². The SMILES string of the molecule is CC.CN1CCCC(C2CNC2)C1. The first-order valence-corrected chi connectivity index (χ1v) is 5.75. The molecule has 2 heterocycles. The third-order valence-corrected chi connectivity index (χ3v) is 3.14. The van der Waals surface area contributed by atoms with Crippen molar-refractivity contribution in [3.8, 4) is 0 Å². The van der Waals surface area contributed by atoms with Gasteiger partial charge in [-0.2, -0.15) is 0 Å². The Labute approximate surface area is 82.7 Å². The van der Waals surface area contributed by atoms with Gasteiger partial charge in [0.2, 0.25) is 0 Å². The molecule has 2 rings (SSSR count). The van der Waals surface area contributed by atoms with Crippen molar-refractivity contribution in [2.45, 2.75) is 26.7 Å². The Hall–Kier alpha value is -0.0800. The molecule has 0 aromatic heterocycles. The predicted molar refractivity (Wildman–Crippen MR) is 57.9 cm³/mol. The highest BCUT2D eigenvalue weighted by Crippen LogP contribution is 2.25. The van der Waals surface area contributed by atoms with Crippen LogP contribution in [0.2, 0.25) is 0 Å². The number of nitrogens with zero attached hydrogens (tertiary/aromatic N) is 1. The molecular weight excluding hydrogens is 160 g/mol. The largest absolute Gasteiger partial charge is 0.316 e. The maximum Gasteiger partial charge on any atom is 0.00102 e. The van der Waals surface area contributed by atoms with Crippen LogP contribution >= 0.6 is 0 Å². The molecule has 0 bridgehead atoms. The molecule has 2 heteroatoms. The van der Waals surface area contributed by atoms with E-state index in [0.29, 0.717) is 0 Å². The minimum atomic E-state index is 0.995. The number of piperidine rings is 1. The summed E-state index contributed by atoms with van der Waals surface area (Å²) in [4.78, 5) is 2.48. The van der Waals surface area contributed by atoms with E-state index < -0.39 is 0 Å². The number of hydrogen-bond donors (Lipinski definition) is 1. The lowest BCUT2D eigenvalue weighted by Crippen LogP contribution is -2.50. The highest BCUT2D eigenvalue weighted by Gasteiger charge is 2.29. The summed E-state index contributed by atoms with van der Waals surface area (Å²) in [7, 11) is 2.25. The Morgan fingerprint density at radius 1 is 1.15 bits per heavy atom. The summed E-state index contributed by atoms with van der Waals surface area (Å²) in [5, 5.41) is 3.35. The normalized spacial score (nSPS) is 30.2. The highest BCUT2D eigenvalue weighted by atomic mass is 15.1. The van der Waals surface area contributed by atoms with Gasteiger partial charge in [0, 0.05) is 6.54 Å². The number of nitrogens with one attached hydrogen (secondary N) is 1. The first kappa shape index (κ1) is 11.0. The minimum absolute atomic E-state index is 0.995. The summed E-state index contributed by atoms with van der Waals surface area (Å²) in [6.07, 6.45) is 2.88. The van der Waals surface area contributed by atoms with Gasteiger partial charge in [0.25, 0.3) is 0 Å². The van der Waals surface area contributed by atoms with Crippen LogP contribution in [0.1, 0.15) is 26.7 Å². The van der Waals surface area contributed by atoms with Crippen LogP contribution < -0.4 is 5.32 Å². The van der Waals surface area contributed by atoms with Gasteiger partial charge in [-0.25, -0.2) is 0 Å². The third-order valence-electron chi connectivity index (χ3n) is 3.14. The summed E-state index contributed by atoms with van der Waals surface area (Å²) in [5.74, 6) is 1.99. The Kier molecular flexibility index (Phi) is 4.74. The maximum atomic E-state index is 3.35. The van der Waals surface area contributed by atoms with Crippen molar-refractivity contribution >= 4 is 0 Å². The van der Waals surface area contributed by atoms with Gasteiger partial charge in [-0.1, -0.05) is 13.8 Å². The number of rotatable bonds is 1. The van der Waals surface area contributed by atoms with E-state index in [1.165, 1.54) is 39.0 Å². The van der Waals surface area contributed by atoms with Crippen LogP contribution in [0.4, 0.5) is 0 Å². The van der Waals surface area contributed by atoms with Gasteiger partial charge in [-0.15, -0.1) is 0 Å². The summed E-state index contributed by atoms with van der Waals surface area (Å²) in [5.41, 5.74) is 0. The number of likely N-dealkylation sites (tertiary alicyclic amines) is 1. The van der Waals surface area contributed by atoms with Crippen molar-refractivity contribution in [1.82, 2.24) is 10.2 Å². The second-order valence-electron chi connectivity index (χ2n) is 4.08. The van der Waals surface area contributed by atoms with E-state index in [1.54, 1.807) is 0 Å². The standard InChI is InChI=1S/C9H18N2.C2H6/c1-11-4-2-3-8(7-11)9-5-10-6-9;1-2/h8-10H,2-7H2,1H3;1-2H3. The molecule has 0 aromatic rings. The molecule has 1 unspecified atom stereocenters. The van der Waals surface area contributed by atoms with Gasteiger partial charge in [0.1, 0.15) is 0 Å². The Morgan fingerprint density at radius 3 is 2.31 bits per heavy atom. The van der Waals surface area contributed by atoms with E-state index in [9.17, 15) is 0 Å². The molecule has 2 fully saturated rings. The number of hydrogen-bond acceptors (Lipinski definition) is 2. The molecule has 1 N–H and O–H groups in total. The second kappa shape index (κ2) is 5.61. The fourth-order valence-corrected chi connectivity index (χ4v) is 2.24. The molecule has 0 saturated carbocycles. The lowest BCUT2D eigenvalue weighted by molar-refractivity contribution is 0.126. The van der Waals surface area contributed by atoms with Gasteiger partial charge in [0.05, 0.1) is 0 Å². The Morgan fingerprint density at radius 2 is 1.85 bits per heavy atom. The maximum absolute atomic E-state index is 3.35. The average Bonchev–Trinajstić information content (AvgIpc) is 2.05. The van der Waals surface area contributed by atoms with E-state index >= 15 is 0 Å². The molecule has 0 aromatic carbocycles. The lowest BCUT2D eigenvalue weighted by atomic mass is 9.82.